The number of tetrazole rings is 1. The van der Waals surface area contributed by atoms with Crippen LogP contribution in [-0.4, -0.2) is 30.1 Å². The first-order valence-corrected chi connectivity index (χ1v) is 13.2. The number of benzene rings is 1. The van der Waals surface area contributed by atoms with Gasteiger partial charge in [0, 0.05) is 29.0 Å². The van der Waals surface area contributed by atoms with Crippen molar-refractivity contribution >= 4 is 22.2 Å². The Bertz CT molecular complexity index is 1290. The van der Waals surface area contributed by atoms with Crippen LogP contribution >= 0.6 is 11.3 Å². The van der Waals surface area contributed by atoms with Gasteiger partial charge in [0.05, 0.1) is 12.1 Å². The summed E-state index contributed by atoms with van der Waals surface area (Å²) in [5, 5.41) is 16.2. The summed E-state index contributed by atoms with van der Waals surface area (Å²) >= 11 is 1.74. The predicted molar refractivity (Wildman–Crippen MR) is 136 cm³/mol. The smallest absolute Gasteiger partial charge is 0.252 e. The molecule has 1 fully saturated rings. The zero-order valence-electron chi connectivity index (χ0n) is 19.9. The average molecular weight is 477 g/mol. The van der Waals surface area contributed by atoms with Crippen molar-refractivity contribution < 1.29 is 0 Å². The molecular formula is C26H32N6OS. The maximum Gasteiger partial charge on any atom is 0.252 e. The number of aromatic amines is 1. The number of rotatable bonds is 8. The summed E-state index contributed by atoms with van der Waals surface area (Å²) in [6.07, 6.45) is 6.87. The average Bonchev–Trinajstić information content (AvgIpc) is 3.53. The number of fused-ring (bicyclic) bond motifs is 1. The fourth-order valence-electron chi connectivity index (χ4n) is 5.20. The number of aryl methyl sites for hydroxylation is 1. The van der Waals surface area contributed by atoms with Crippen LogP contribution in [0.15, 0.2) is 46.6 Å². The monoisotopic (exact) mass is 476 g/mol. The molecule has 8 heteroatoms. The van der Waals surface area contributed by atoms with E-state index < -0.39 is 0 Å². The summed E-state index contributed by atoms with van der Waals surface area (Å²) < 4.78 is 2.07. The van der Waals surface area contributed by atoms with Gasteiger partial charge in [-0.2, -0.15) is 0 Å². The van der Waals surface area contributed by atoms with Gasteiger partial charge in [-0.15, -0.1) is 16.4 Å². The predicted octanol–water partition coefficient (Wildman–Crippen LogP) is 5.54. The van der Waals surface area contributed by atoms with Gasteiger partial charge in [-0.1, -0.05) is 43.9 Å². The number of nitrogens with zero attached hydrogens (tertiary/aromatic N) is 5. The minimum absolute atomic E-state index is 0.0200. The summed E-state index contributed by atoms with van der Waals surface area (Å²) in [6.45, 7) is 5.54. The second-order valence-electron chi connectivity index (χ2n) is 9.40. The Balaban J connectivity index is 1.51. The number of thiophene rings is 1. The molecule has 0 unspecified atom stereocenters. The van der Waals surface area contributed by atoms with Crippen molar-refractivity contribution in [3.63, 3.8) is 0 Å². The lowest BCUT2D eigenvalue weighted by Gasteiger charge is -2.31. The molecule has 1 aromatic carbocycles. The minimum Gasteiger partial charge on any atom is -0.322 e. The van der Waals surface area contributed by atoms with Gasteiger partial charge in [0.1, 0.15) is 0 Å². The van der Waals surface area contributed by atoms with E-state index in [1.54, 1.807) is 11.3 Å². The lowest BCUT2D eigenvalue weighted by atomic mass is 9.95. The molecule has 178 valence electrons. The van der Waals surface area contributed by atoms with Gasteiger partial charge in [-0.25, -0.2) is 4.68 Å². The molecular weight excluding hydrogens is 444 g/mol. The Morgan fingerprint density at radius 1 is 1.18 bits per heavy atom. The van der Waals surface area contributed by atoms with Crippen LogP contribution in [0.4, 0.5) is 0 Å². The summed E-state index contributed by atoms with van der Waals surface area (Å²) in [6, 6.07) is 12.8. The van der Waals surface area contributed by atoms with E-state index in [9.17, 15) is 4.79 Å². The van der Waals surface area contributed by atoms with E-state index in [4.69, 9.17) is 0 Å². The third kappa shape index (κ3) is 4.83. The van der Waals surface area contributed by atoms with Gasteiger partial charge >= 0.3 is 0 Å². The SMILES string of the molecule is CC[C@@H](c1nnnn1C1CCCCC1)N(Cc1cccs1)Cc1cc2cc(C)ccc2[nH]c1=O. The number of H-pyrrole nitrogens is 1. The lowest BCUT2D eigenvalue weighted by Crippen LogP contribution is -2.33. The lowest BCUT2D eigenvalue weighted by molar-refractivity contribution is 0.157. The Labute approximate surface area is 203 Å². The van der Waals surface area contributed by atoms with Crippen molar-refractivity contribution in [3.05, 3.63) is 74.0 Å². The highest BCUT2D eigenvalue weighted by atomic mass is 32.1. The standard InChI is InChI=1S/C26H32N6OS/c1-3-24(25-28-29-30-32(25)21-8-5-4-6-9-21)31(17-22-10-7-13-34-22)16-20-15-19-14-18(2)11-12-23(19)27-26(20)33/h7,10-15,21,24H,3-6,8-9,16-17H2,1-2H3,(H,27,33)/t24-/m0/s1. The zero-order valence-corrected chi connectivity index (χ0v) is 20.7. The molecule has 1 aliphatic carbocycles. The summed E-state index contributed by atoms with van der Waals surface area (Å²) in [5.41, 5.74) is 2.79. The van der Waals surface area contributed by atoms with Crippen molar-refractivity contribution in [1.29, 1.82) is 0 Å². The Morgan fingerprint density at radius 2 is 2.03 bits per heavy atom. The first kappa shape index (κ1) is 22.9. The fourth-order valence-corrected chi connectivity index (χ4v) is 5.93. The third-order valence-corrected chi connectivity index (χ3v) is 7.81. The van der Waals surface area contributed by atoms with Crippen molar-refractivity contribution in [1.82, 2.24) is 30.1 Å². The van der Waals surface area contributed by atoms with E-state index >= 15 is 0 Å². The molecule has 3 heterocycles. The molecule has 3 aromatic heterocycles. The van der Waals surface area contributed by atoms with Crippen molar-refractivity contribution in [2.75, 3.05) is 0 Å². The van der Waals surface area contributed by atoms with Crippen LogP contribution in [0.25, 0.3) is 10.9 Å². The van der Waals surface area contributed by atoms with E-state index in [1.807, 2.05) is 18.2 Å². The molecule has 0 spiro atoms. The summed E-state index contributed by atoms with van der Waals surface area (Å²) in [4.78, 5) is 19.8. The van der Waals surface area contributed by atoms with Crippen LogP contribution in [0.1, 0.15) is 79.4 Å². The maximum atomic E-state index is 13.0. The van der Waals surface area contributed by atoms with Gasteiger partial charge in [0.2, 0.25) is 0 Å². The van der Waals surface area contributed by atoms with Gasteiger partial charge < -0.3 is 4.98 Å². The van der Waals surface area contributed by atoms with Crippen LogP contribution in [0, 0.1) is 6.92 Å². The fraction of sp³-hybridized carbons (Fsp3) is 0.462. The van der Waals surface area contributed by atoms with Crippen LogP contribution in [0.3, 0.4) is 0 Å². The topological polar surface area (TPSA) is 79.7 Å². The van der Waals surface area contributed by atoms with Crippen molar-refractivity contribution in [2.45, 2.75) is 77.5 Å². The third-order valence-electron chi connectivity index (χ3n) is 6.95. The summed E-state index contributed by atoms with van der Waals surface area (Å²) in [7, 11) is 0. The van der Waals surface area contributed by atoms with Crippen LogP contribution < -0.4 is 5.56 Å². The van der Waals surface area contributed by atoms with E-state index in [2.05, 4.69) is 67.5 Å². The highest BCUT2D eigenvalue weighted by molar-refractivity contribution is 7.09. The Hall–Kier alpha value is -2.84. The van der Waals surface area contributed by atoms with Crippen LogP contribution in [0.5, 0.6) is 0 Å². The van der Waals surface area contributed by atoms with Gasteiger partial charge in [-0.3, -0.25) is 9.69 Å². The molecule has 34 heavy (non-hydrogen) atoms. The van der Waals surface area contributed by atoms with E-state index in [-0.39, 0.29) is 11.6 Å². The second kappa shape index (κ2) is 10.2. The number of pyridine rings is 1. The van der Waals surface area contributed by atoms with E-state index in [0.29, 0.717) is 12.6 Å². The molecule has 0 amide bonds. The van der Waals surface area contributed by atoms with Gasteiger partial charge in [0.25, 0.3) is 5.56 Å². The highest BCUT2D eigenvalue weighted by Crippen LogP contribution is 2.33. The molecule has 0 radical (unpaired) electrons. The second-order valence-corrected chi connectivity index (χ2v) is 10.4. The number of nitrogens with one attached hydrogen (secondary N) is 1. The Morgan fingerprint density at radius 3 is 2.79 bits per heavy atom. The zero-order chi connectivity index (χ0) is 23.5. The molecule has 0 bridgehead atoms. The molecule has 1 N–H and O–H groups in total. The highest BCUT2D eigenvalue weighted by Gasteiger charge is 2.29. The number of hydrogen-bond acceptors (Lipinski definition) is 6. The first-order chi connectivity index (χ1) is 16.6. The number of aromatic nitrogens is 5. The van der Waals surface area contributed by atoms with E-state index in [1.165, 1.54) is 29.7 Å². The molecule has 1 aliphatic rings. The molecule has 1 atom stereocenters. The van der Waals surface area contributed by atoms with Gasteiger partial charge in [-0.05, 0) is 71.6 Å². The normalized spacial score (nSPS) is 15.9. The summed E-state index contributed by atoms with van der Waals surface area (Å²) in [5.74, 6) is 0.916. The molecule has 0 saturated heterocycles. The van der Waals surface area contributed by atoms with Crippen LogP contribution in [-0.2, 0) is 13.1 Å². The van der Waals surface area contributed by atoms with Crippen molar-refractivity contribution in [3.8, 4) is 0 Å². The molecule has 4 aromatic rings. The van der Waals surface area contributed by atoms with E-state index in [0.717, 1.165) is 48.1 Å². The molecule has 1 saturated carbocycles. The number of hydrogen-bond donors (Lipinski definition) is 1. The van der Waals surface area contributed by atoms with Gasteiger partial charge in [0.15, 0.2) is 5.82 Å². The minimum atomic E-state index is -0.0331. The van der Waals surface area contributed by atoms with Crippen LogP contribution in [0.2, 0.25) is 0 Å². The largest absolute Gasteiger partial charge is 0.322 e. The first-order valence-electron chi connectivity index (χ1n) is 12.3. The molecule has 5 rings (SSSR count). The molecule has 7 nitrogen and oxygen atoms in total. The Kier molecular flexibility index (Phi) is 6.87. The maximum absolute atomic E-state index is 13.0. The molecule has 0 aliphatic heterocycles. The van der Waals surface area contributed by atoms with Crippen molar-refractivity contribution in [2.24, 2.45) is 0 Å². The quantitative estimate of drug-likeness (QED) is 0.361.